The van der Waals surface area contributed by atoms with Crippen LogP contribution in [0, 0.1) is 16.7 Å². The minimum Gasteiger partial charge on any atom is -0.458 e. The highest BCUT2D eigenvalue weighted by Crippen LogP contribution is 2.60. The van der Waals surface area contributed by atoms with Gasteiger partial charge in [0.15, 0.2) is 0 Å². The van der Waals surface area contributed by atoms with E-state index in [0.717, 1.165) is 30.4 Å². The number of aliphatic hydroxyl groups is 1. The first-order valence-corrected chi connectivity index (χ1v) is 6.95. The fraction of sp³-hybridized carbons (Fsp3) is 0.800. The van der Waals surface area contributed by atoms with Crippen LogP contribution in [-0.2, 0) is 9.53 Å². The van der Waals surface area contributed by atoms with Crippen molar-refractivity contribution >= 4 is 5.97 Å². The Morgan fingerprint density at radius 1 is 1.28 bits per heavy atom. The minimum atomic E-state index is -0.484. The summed E-state index contributed by atoms with van der Waals surface area (Å²) in [6.07, 6.45) is 3.67. The fourth-order valence-corrected chi connectivity index (χ4v) is 4.65. The number of carbonyl (C=O) groups is 1. The molecule has 1 heterocycles. The molecule has 0 aromatic rings. The molecule has 1 N–H and O–H groups in total. The number of ether oxygens (including phenoxy) is 1. The number of cyclic esters (lactones) is 1. The highest BCUT2D eigenvalue weighted by molar-refractivity contribution is 5.94. The van der Waals surface area contributed by atoms with Gasteiger partial charge in [-0.05, 0) is 30.6 Å². The van der Waals surface area contributed by atoms with E-state index < -0.39 is 6.10 Å². The molecule has 0 amide bonds. The Bertz CT molecular complexity index is 435. The molecular weight excluding hydrogens is 228 g/mol. The first-order chi connectivity index (χ1) is 8.36. The molecule has 0 radical (unpaired) electrons. The third kappa shape index (κ3) is 1.43. The maximum absolute atomic E-state index is 12.0. The molecule has 3 rings (SSSR count). The second-order valence-corrected chi connectivity index (χ2v) is 7.04. The first-order valence-electron chi connectivity index (χ1n) is 6.95. The predicted octanol–water partition coefficient (Wildman–Crippen LogP) is 2.44. The number of fused-ring (bicyclic) bond motifs is 2. The van der Waals surface area contributed by atoms with Gasteiger partial charge in [0.25, 0.3) is 0 Å². The van der Waals surface area contributed by atoms with E-state index in [9.17, 15) is 9.90 Å². The lowest BCUT2D eigenvalue weighted by atomic mass is 9.50. The number of rotatable bonds is 0. The van der Waals surface area contributed by atoms with Gasteiger partial charge in [-0.2, -0.15) is 0 Å². The van der Waals surface area contributed by atoms with Crippen molar-refractivity contribution in [3.8, 4) is 0 Å². The summed E-state index contributed by atoms with van der Waals surface area (Å²) in [5, 5.41) is 10.3. The van der Waals surface area contributed by atoms with Gasteiger partial charge in [-0.25, -0.2) is 4.79 Å². The molecule has 0 saturated heterocycles. The Balaban J connectivity index is 2.12. The molecule has 3 nitrogen and oxygen atoms in total. The number of esters is 1. The van der Waals surface area contributed by atoms with Crippen molar-refractivity contribution in [2.45, 2.75) is 52.6 Å². The average molecular weight is 250 g/mol. The van der Waals surface area contributed by atoms with Crippen LogP contribution in [0.3, 0.4) is 0 Å². The van der Waals surface area contributed by atoms with Crippen LogP contribution < -0.4 is 0 Å². The maximum atomic E-state index is 12.0. The summed E-state index contributed by atoms with van der Waals surface area (Å²) in [4.78, 5) is 12.0. The molecule has 1 aliphatic heterocycles. The Morgan fingerprint density at radius 3 is 2.72 bits per heavy atom. The summed E-state index contributed by atoms with van der Waals surface area (Å²) in [6, 6.07) is 0. The Kier molecular flexibility index (Phi) is 2.44. The third-order valence-corrected chi connectivity index (χ3v) is 5.55. The van der Waals surface area contributed by atoms with Crippen LogP contribution in [0.25, 0.3) is 0 Å². The number of hydrogen-bond acceptors (Lipinski definition) is 3. The fourth-order valence-electron chi connectivity index (χ4n) is 4.65. The van der Waals surface area contributed by atoms with E-state index in [1.165, 1.54) is 6.42 Å². The van der Waals surface area contributed by atoms with Gasteiger partial charge in [0.2, 0.25) is 0 Å². The standard InChI is InChI=1S/C15H22O3/c1-14(2)5-4-6-15(3)11(14)7-10(16)9-8-18-13(17)12(9)15/h10-11,16H,4-8H2,1-3H3/t10-,11-,15+/m0/s1. The number of aliphatic hydroxyl groups excluding tert-OH is 1. The monoisotopic (exact) mass is 250 g/mol. The van der Waals surface area contributed by atoms with Crippen LogP contribution in [0.2, 0.25) is 0 Å². The zero-order valence-electron chi connectivity index (χ0n) is 11.5. The Morgan fingerprint density at radius 2 is 2.00 bits per heavy atom. The molecule has 1 saturated carbocycles. The minimum absolute atomic E-state index is 0.0934. The van der Waals surface area contributed by atoms with E-state index in [0.29, 0.717) is 12.5 Å². The summed E-state index contributed by atoms with van der Waals surface area (Å²) >= 11 is 0. The molecule has 2 aliphatic carbocycles. The van der Waals surface area contributed by atoms with Gasteiger partial charge in [0.05, 0.1) is 6.10 Å². The molecule has 0 unspecified atom stereocenters. The van der Waals surface area contributed by atoms with E-state index in [-0.39, 0.29) is 16.8 Å². The van der Waals surface area contributed by atoms with Crippen LogP contribution in [0.15, 0.2) is 11.1 Å². The lowest BCUT2D eigenvalue weighted by molar-refractivity contribution is -0.138. The molecule has 0 spiro atoms. The third-order valence-electron chi connectivity index (χ3n) is 5.55. The van der Waals surface area contributed by atoms with E-state index in [1.54, 1.807) is 0 Å². The van der Waals surface area contributed by atoms with Crippen LogP contribution in [0.5, 0.6) is 0 Å². The molecule has 0 aromatic carbocycles. The van der Waals surface area contributed by atoms with Gasteiger partial charge in [0.1, 0.15) is 6.61 Å². The topological polar surface area (TPSA) is 46.5 Å². The predicted molar refractivity (Wildman–Crippen MR) is 67.8 cm³/mol. The van der Waals surface area contributed by atoms with Crippen molar-refractivity contribution < 1.29 is 14.6 Å². The zero-order chi connectivity index (χ0) is 13.1. The van der Waals surface area contributed by atoms with E-state index in [4.69, 9.17) is 4.74 Å². The lowest BCUT2D eigenvalue weighted by Crippen LogP contribution is -2.49. The van der Waals surface area contributed by atoms with Crippen LogP contribution in [-0.4, -0.2) is 23.8 Å². The van der Waals surface area contributed by atoms with E-state index in [1.807, 2.05) is 0 Å². The zero-order valence-corrected chi connectivity index (χ0v) is 11.5. The van der Waals surface area contributed by atoms with Crippen LogP contribution >= 0.6 is 0 Å². The SMILES string of the molecule is CC1(C)CCC[C@@]2(C)C3=C(COC3=O)[C@@H](O)C[C@@H]12. The molecule has 18 heavy (non-hydrogen) atoms. The van der Waals surface area contributed by atoms with Crippen molar-refractivity contribution in [3.05, 3.63) is 11.1 Å². The quantitative estimate of drug-likeness (QED) is 0.672. The first kappa shape index (κ1) is 12.2. The summed E-state index contributed by atoms with van der Waals surface area (Å²) < 4.78 is 5.18. The Hall–Kier alpha value is -0.830. The summed E-state index contributed by atoms with van der Waals surface area (Å²) in [7, 11) is 0. The molecule has 3 aliphatic rings. The van der Waals surface area contributed by atoms with Gasteiger partial charge in [-0.1, -0.05) is 27.2 Å². The molecular formula is C15H22O3. The summed E-state index contributed by atoms with van der Waals surface area (Å²) in [6.45, 7) is 7.05. The van der Waals surface area contributed by atoms with Gasteiger partial charge in [0, 0.05) is 16.6 Å². The average Bonchev–Trinajstić information content (AvgIpc) is 2.66. The second kappa shape index (κ2) is 3.60. The largest absolute Gasteiger partial charge is 0.458 e. The van der Waals surface area contributed by atoms with E-state index in [2.05, 4.69) is 20.8 Å². The number of carbonyl (C=O) groups excluding carboxylic acids is 1. The van der Waals surface area contributed by atoms with Gasteiger partial charge < -0.3 is 9.84 Å². The molecule has 3 heteroatoms. The molecule has 0 bridgehead atoms. The lowest BCUT2D eigenvalue weighted by Gasteiger charge is -2.54. The van der Waals surface area contributed by atoms with E-state index >= 15 is 0 Å². The van der Waals surface area contributed by atoms with Crippen molar-refractivity contribution in [1.82, 2.24) is 0 Å². The molecule has 1 fully saturated rings. The smallest absolute Gasteiger partial charge is 0.335 e. The van der Waals surface area contributed by atoms with Crippen molar-refractivity contribution in [1.29, 1.82) is 0 Å². The molecule has 0 aromatic heterocycles. The maximum Gasteiger partial charge on any atom is 0.335 e. The van der Waals surface area contributed by atoms with Gasteiger partial charge in [-0.3, -0.25) is 0 Å². The van der Waals surface area contributed by atoms with Crippen molar-refractivity contribution in [2.75, 3.05) is 6.61 Å². The molecule has 100 valence electrons. The Labute approximate surface area is 108 Å². The normalized spacial score (nSPS) is 42.3. The van der Waals surface area contributed by atoms with Gasteiger partial charge >= 0.3 is 5.97 Å². The van der Waals surface area contributed by atoms with Crippen molar-refractivity contribution in [3.63, 3.8) is 0 Å². The highest BCUT2D eigenvalue weighted by atomic mass is 16.5. The van der Waals surface area contributed by atoms with Crippen LogP contribution in [0.4, 0.5) is 0 Å². The van der Waals surface area contributed by atoms with Crippen molar-refractivity contribution in [2.24, 2.45) is 16.7 Å². The second-order valence-electron chi connectivity index (χ2n) is 7.04. The number of hydrogen-bond donors (Lipinski definition) is 1. The van der Waals surface area contributed by atoms with Gasteiger partial charge in [-0.15, -0.1) is 0 Å². The highest BCUT2D eigenvalue weighted by Gasteiger charge is 2.56. The summed E-state index contributed by atoms with van der Waals surface area (Å²) in [5.41, 5.74) is 1.76. The van der Waals surface area contributed by atoms with Crippen LogP contribution in [0.1, 0.15) is 46.5 Å². The summed E-state index contributed by atoms with van der Waals surface area (Å²) in [5.74, 6) is 0.187. The molecule has 3 atom stereocenters.